The number of oxime groups is 1. The fraction of sp³-hybridized carbons (Fsp3) is 0.263. The highest BCUT2D eigenvalue weighted by Gasteiger charge is 2.11. The van der Waals surface area contributed by atoms with Gasteiger partial charge < -0.3 is 19.8 Å². The molecule has 1 heterocycles. The van der Waals surface area contributed by atoms with Crippen LogP contribution in [0.1, 0.15) is 5.56 Å². The van der Waals surface area contributed by atoms with E-state index in [4.69, 9.17) is 21.2 Å². The van der Waals surface area contributed by atoms with Crippen LogP contribution in [-0.2, 0) is 14.4 Å². The zero-order valence-electron chi connectivity index (χ0n) is 14.2. The highest BCUT2D eigenvalue weighted by Crippen LogP contribution is 2.19. The molecular formula is C19H20ClN3O3. The summed E-state index contributed by atoms with van der Waals surface area (Å²) < 4.78 is 5.35. The lowest BCUT2D eigenvalue weighted by molar-refractivity contribution is -0.120. The van der Waals surface area contributed by atoms with Crippen LogP contribution >= 0.6 is 11.6 Å². The molecule has 1 N–H and O–H groups in total. The van der Waals surface area contributed by atoms with E-state index >= 15 is 0 Å². The second-order valence-corrected chi connectivity index (χ2v) is 6.19. The number of nitrogens with one attached hydrogen (secondary N) is 1. The summed E-state index contributed by atoms with van der Waals surface area (Å²) in [6.07, 6.45) is 1.53. The van der Waals surface area contributed by atoms with Gasteiger partial charge in [0.25, 0.3) is 5.91 Å². The molecule has 0 aliphatic carbocycles. The predicted octanol–water partition coefficient (Wildman–Crippen LogP) is 3.17. The Hall–Kier alpha value is -2.57. The van der Waals surface area contributed by atoms with E-state index in [1.54, 1.807) is 12.1 Å². The van der Waals surface area contributed by atoms with Gasteiger partial charge in [-0.2, -0.15) is 0 Å². The van der Waals surface area contributed by atoms with Gasteiger partial charge in [0.2, 0.25) is 0 Å². The maximum atomic E-state index is 11.9. The number of amides is 1. The summed E-state index contributed by atoms with van der Waals surface area (Å²) in [6, 6.07) is 14.9. The number of ether oxygens (including phenoxy) is 1. The van der Waals surface area contributed by atoms with Gasteiger partial charge in [0.1, 0.15) is 0 Å². The Morgan fingerprint density at radius 2 is 1.85 bits per heavy atom. The number of morpholine rings is 1. The van der Waals surface area contributed by atoms with Crippen LogP contribution in [0.25, 0.3) is 0 Å². The first kappa shape index (κ1) is 18.2. The van der Waals surface area contributed by atoms with Crippen LogP contribution < -0.4 is 10.2 Å². The third-order valence-corrected chi connectivity index (χ3v) is 4.12. The molecule has 6 nitrogen and oxygen atoms in total. The Bertz CT molecular complexity index is 742. The summed E-state index contributed by atoms with van der Waals surface area (Å²) in [4.78, 5) is 19.2. The molecule has 2 aromatic carbocycles. The van der Waals surface area contributed by atoms with Crippen molar-refractivity contribution >= 4 is 35.1 Å². The van der Waals surface area contributed by atoms with Gasteiger partial charge in [-0.25, -0.2) is 0 Å². The minimum atomic E-state index is -0.266. The molecule has 1 saturated heterocycles. The zero-order valence-corrected chi connectivity index (χ0v) is 15.0. The second-order valence-electron chi connectivity index (χ2n) is 5.75. The van der Waals surface area contributed by atoms with E-state index < -0.39 is 0 Å². The molecule has 0 saturated carbocycles. The number of benzene rings is 2. The SMILES string of the molecule is O=C(CO/N=C/c1ccc(Cl)cc1)Nc1ccc(N2CCOCC2)cc1. The van der Waals surface area contributed by atoms with Crippen molar-refractivity contribution < 1.29 is 14.4 Å². The molecule has 0 radical (unpaired) electrons. The first-order valence-electron chi connectivity index (χ1n) is 8.34. The largest absolute Gasteiger partial charge is 0.386 e. The minimum Gasteiger partial charge on any atom is -0.386 e. The van der Waals surface area contributed by atoms with Gasteiger partial charge in [-0.1, -0.05) is 28.9 Å². The zero-order chi connectivity index (χ0) is 18.2. The van der Waals surface area contributed by atoms with Crippen molar-refractivity contribution in [3.63, 3.8) is 0 Å². The standard InChI is InChI=1S/C19H20ClN3O3/c20-16-3-1-15(2-4-16)13-21-26-14-19(24)22-17-5-7-18(8-6-17)23-9-11-25-12-10-23/h1-8,13H,9-12,14H2,(H,22,24)/b21-13+. The maximum Gasteiger partial charge on any atom is 0.265 e. The van der Waals surface area contributed by atoms with Crippen molar-refractivity contribution in [1.82, 2.24) is 0 Å². The number of halogens is 1. The molecule has 26 heavy (non-hydrogen) atoms. The van der Waals surface area contributed by atoms with Gasteiger partial charge in [0, 0.05) is 29.5 Å². The van der Waals surface area contributed by atoms with Crippen LogP contribution in [0.15, 0.2) is 53.7 Å². The molecule has 7 heteroatoms. The van der Waals surface area contributed by atoms with Crippen molar-refractivity contribution in [3.05, 3.63) is 59.1 Å². The van der Waals surface area contributed by atoms with E-state index in [0.29, 0.717) is 5.02 Å². The van der Waals surface area contributed by atoms with Gasteiger partial charge in [-0.05, 0) is 42.0 Å². The Labute approximate surface area is 157 Å². The van der Waals surface area contributed by atoms with E-state index in [0.717, 1.165) is 43.2 Å². The maximum absolute atomic E-state index is 11.9. The fourth-order valence-electron chi connectivity index (χ4n) is 2.52. The summed E-state index contributed by atoms with van der Waals surface area (Å²) in [5.41, 5.74) is 2.68. The summed E-state index contributed by atoms with van der Waals surface area (Å²) >= 11 is 5.81. The number of anilines is 2. The van der Waals surface area contributed by atoms with Gasteiger partial charge in [-0.3, -0.25) is 4.79 Å². The molecule has 0 bridgehead atoms. The quantitative estimate of drug-likeness (QED) is 0.624. The topological polar surface area (TPSA) is 63.2 Å². The molecule has 2 aromatic rings. The van der Waals surface area contributed by atoms with Crippen molar-refractivity contribution in [2.45, 2.75) is 0 Å². The normalized spacial score (nSPS) is 14.4. The van der Waals surface area contributed by atoms with Crippen LogP contribution in [0.2, 0.25) is 5.02 Å². The Morgan fingerprint density at radius 3 is 2.54 bits per heavy atom. The summed E-state index contributed by atoms with van der Waals surface area (Å²) in [6.45, 7) is 3.09. The first-order valence-corrected chi connectivity index (χ1v) is 8.72. The number of hydrogen-bond acceptors (Lipinski definition) is 5. The van der Waals surface area contributed by atoms with Crippen molar-refractivity contribution in [2.75, 3.05) is 43.1 Å². The number of nitrogens with zero attached hydrogens (tertiary/aromatic N) is 2. The van der Waals surface area contributed by atoms with E-state index in [2.05, 4.69) is 15.4 Å². The van der Waals surface area contributed by atoms with Gasteiger partial charge in [0.05, 0.1) is 19.4 Å². The molecule has 136 valence electrons. The van der Waals surface area contributed by atoms with Crippen LogP contribution in [0.4, 0.5) is 11.4 Å². The van der Waals surface area contributed by atoms with Crippen LogP contribution in [0.3, 0.4) is 0 Å². The second kappa shape index (κ2) is 9.22. The van der Waals surface area contributed by atoms with Crippen molar-refractivity contribution in [1.29, 1.82) is 0 Å². The minimum absolute atomic E-state index is 0.157. The first-order chi connectivity index (χ1) is 12.7. The molecule has 1 aliphatic heterocycles. The Morgan fingerprint density at radius 1 is 1.15 bits per heavy atom. The monoisotopic (exact) mass is 373 g/mol. The summed E-state index contributed by atoms with van der Waals surface area (Å²) in [5.74, 6) is -0.266. The molecular weight excluding hydrogens is 354 g/mol. The molecule has 0 spiro atoms. The average Bonchev–Trinajstić information content (AvgIpc) is 2.68. The molecule has 3 rings (SSSR count). The molecule has 0 aromatic heterocycles. The van der Waals surface area contributed by atoms with E-state index in [9.17, 15) is 4.79 Å². The average molecular weight is 374 g/mol. The van der Waals surface area contributed by atoms with Gasteiger partial charge >= 0.3 is 0 Å². The van der Waals surface area contributed by atoms with Gasteiger partial charge in [0.15, 0.2) is 6.61 Å². The van der Waals surface area contributed by atoms with Gasteiger partial charge in [-0.15, -0.1) is 0 Å². The fourth-order valence-corrected chi connectivity index (χ4v) is 2.64. The molecule has 0 atom stereocenters. The lowest BCUT2D eigenvalue weighted by Crippen LogP contribution is -2.36. The lowest BCUT2D eigenvalue weighted by atomic mass is 10.2. The van der Waals surface area contributed by atoms with Crippen molar-refractivity contribution in [3.8, 4) is 0 Å². The Kier molecular flexibility index (Phi) is 6.46. The highest BCUT2D eigenvalue weighted by atomic mass is 35.5. The molecule has 1 amide bonds. The summed E-state index contributed by atoms with van der Waals surface area (Å²) in [7, 11) is 0. The third-order valence-electron chi connectivity index (χ3n) is 3.87. The number of rotatable bonds is 6. The van der Waals surface area contributed by atoms with E-state index in [1.165, 1.54) is 6.21 Å². The Balaban J connectivity index is 1.43. The van der Waals surface area contributed by atoms with E-state index in [-0.39, 0.29) is 12.5 Å². The molecule has 0 unspecified atom stereocenters. The highest BCUT2D eigenvalue weighted by molar-refractivity contribution is 6.30. The number of carbonyl (C=O) groups is 1. The number of carbonyl (C=O) groups excluding carboxylic acids is 1. The van der Waals surface area contributed by atoms with Crippen LogP contribution in [0, 0.1) is 0 Å². The van der Waals surface area contributed by atoms with Crippen LogP contribution in [-0.4, -0.2) is 45.0 Å². The van der Waals surface area contributed by atoms with Crippen molar-refractivity contribution in [2.24, 2.45) is 5.16 Å². The smallest absolute Gasteiger partial charge is 0.265 e. The summed E-state index contributed by atoms with van der Waals surface area (Å²) in [5, 5.41) is 7.22. The lowest BCUT2D eigenvalue weighted by Gasteiger charge is -2.28. The predicted molar refractivity (Wildman–Crippen MR) is 103 cm³/mol. The van der Waals surface area contributed by atoms with Crippen LogP contribution in [0.5, 0.6) is 0 Å². The molecule has 1 fully saturated rings. The van der Waals surface area contributed by atoms with E-state index in [1.807, 2.05) is 36.4 Å². The molecule has 1 aliphatic rings. The third kappa shape index (κ3) is 5.47. The number of hydrogen-bond donors (Lipinski definition) is 1.